The van der Waals surface area contributed by atoms with E-state index in [9.17, 15) is 9.59 Å². The van der Waals surface area contributed by atoms with Gasteiger partial charge in [0.05, 0.1) is 0 Å². The Kier molecular flexibility index (Phi) is 4.52. The summed E-state index contributed by atoms with van der Waals surface area (Å²) in [5, 5.41) is -0.649. The number of esters is 2. The van der Waals surface area contributed by atoms with Crippen LogP contribution in [0.5, 0.6) is 0 Å². The molecule has 1 aliphatic rings. The second-order valence-corrected chi connectivity index (χ2v) is 3.96. The fourth-order valence-corrected chi connectivity index (χ4v) is 1.69. The molecule has 1 fully saturated rings. The van der Waals surface area contributed by atoms with Crippen molar-refractivity contribution in [2.75, 3.05) is 6.61 Å². The quantitative estimate of drug-likeness (QED) is 0.551. The van der Waals surface area contributed by atoms with Gasteiger partial charge in [-0.3, -0.25) is 9.59 Å². The zero-order valence-electron chi connectivity index (χ0n) is 9.01. The Bertz CT molecular complexity index is 285. The van der Waals surface area contributed by atoms with Crippen molar-refractivity contribution < 1.29 is 23.8 Å². The van der Waals surface area contributed by atoms with E-state index in [0.29, 0.717) is 0 Å². The first-order valence-corrected chi connectivity index (χ1v) is 5.21. The molecule has 16 heavy (non-hydrogen) atoms. The Morgan fingerprint density at radius 2 is 2.00 bits per heavy atom. The number of rotatable bonds is 3. The summed E-state index contributed by atoms with van der Waals surface area (Å²) in [4.78, 5) is 21.5. The van der Waals surface area contributed by atoms with Gasteiger partial charge in [-0.05, 0) is 0 Å². The van der Waals surface area contributed by atoms with Crippen molar-refractivity contribution in [2.45, 2.75) is 37.7 Å². The zero-order chi connectivity index (χ0) is 12.3. The van der Waals surface area contributed by atoms with Crippen molar-refractivity contribution >= 4 is 23.5 Å². The molecule has 6 nitrogen and oxygen atoms in total. The molecule has 0 bridgehead atoms. The number of ether oxygens (including phenoxy) is 3. The third kappa shape index (κ3) is 3.33. The lowest BCUT2D eigenvalue weighted by molar-refractivity contribution is -0.154. The van der Waals surface area contributed by atoms with Crippen LogP contribution < -0.4 is 5.73 Å². The minimum absolute atomic E-state index is 0.0375. The molecule has 1 saturated heterocycles. The van der Waals surface area contributed by atoms with E-state index in [2.05, 4.69) is 0 Å². The minimum atomic E-state index is -0.744. The Morgan fingerprint density at radius 3 is 2.50 bits per heavy atom. The Hall–Kier alpha value is -0.850. The van der Waals surface area contributed by atoms with E-state index in [4.69, 9.17) is 31.5 Å². The van der Waals surface area contributed by atoms with E-state index >= 15 is 0 Å². The van der Waals surface area contributed by atoms with E-state index in [1.54, 1.807) is 0 Å². The summed E-state index contributed by atoms with van der Waals surface area (Å²) < 4.78 is 15.0. The van der Waals surface area contributed by atoms with Crippen LogP contribution in [-0.2, 0) is 23.8 Å². The molecular formula is C9H14ClNO5. The van der Waals surface area contributed by atoms with Crippen LogP contribution in [0.15, 0.2) is 0 Å². The van der Waals surface area contributed by atoms with E-state index in [1.807, 2.05) is 0 Å². The van der Waals surface area contributed by atoms with Crippen molar-refractivity contribution in [1.82, 2.24) is 0 Å². The van der Waals surface area contributed by atoms with Gasteiger partial charge in [0.15, 0.2) is 6.10 Å². The summed E-state index contributed by atoms with van der Waals surface area (Å²) in [6, 6.07) is 0. The molecule has 4 atom stereocenters. The Morgan fingerprint density at radius 1 is 1.38 bits per heavy atom. The molecule has 0 radical (unpaired) electrons. The van der Waals surface area contributed by atoms with Gasteiger partial charge in [0.25, 0.3) is 0 Å². The van der Waals surface area contributed by atoms with Crippen LogP contribution in [0.2, 0.25) is 0 Å². The Balaban J connectivity index is 2.59. The molecule has 1 rings (SSSR count). The minimum Gasteiger partial charge on any atom is -0.463 e. The second kappa shape index (κ2) is 5.47. The van der Waals surface area contributed by atoms with Crippen LogP contribution in [0.25, 0.3) is 0 Å². The highest BCUT2D eigenvalue weighted by Crippen LogP contribution is 2.26. The van der Waals surface area contributed by atoms with Crippen molar-refractivity contribution in [3.8, 4) is 0 Å². The molecule has 1 unspecified atom stereocenters. The molecule has 1 aliphatic heterocycles. The molecule has 2 N–H and O–H groups in total. The molecule has 92 valence electrons. The fourth-order valence-electron chi connectivity index (χ4n) is 1.41. The summed E-state index contributed by atoms with van der Waals surface area (Å²) in [5.74, 6) is -0.932. The van der Waals surface area contributed by atoms with Gasteiger partial charge in [-0.25, -0.2) is 0 Å². The first-order chi connectivity index (χ1) is 7.41. The van der Waals surface area contributed by atoms with Gasteiger partial charge >= 0.3 is 11.9 Å². The average molecular weight is 252 g/mol. The normalized spacial score (nSPS) is 33.5. The number of nitrogens with two attached hydrogens (primary N) is 1. The molecule has 0 amide bonds. The summed E-state index contributed by atoms with van der Waals surface area (Å²) >= 11 is 5.92. The average Bonchev–Trinajstić information content (AvgIpc) is 2.42. The van der Waals surface area contributed by atoms with Gasteiger partial charge in [-0.15, -0.1) is 11.6 Å². The first-order valence-electron chi connectivity index (χ1n) is 4.77. The molecule has 7 heteroatoms. The lowest BCUT2D eigenvalue weighted by Crippen LogP contribution is -2.37. The molecule has 0 saturated carbocycles. The van der Waals surface area contributed by atoms with Crippen LogP contribution >= 0.6 is 11.6 Å². The lowest BCUT2D eigenvalue weighted by Gasteiger charge is -2.18. The van der Waals surface area contributed by atoms with Crippen molar-refractivity contribution in [3.63, 3.8) is 0 Å². The summed E-state index contributed by atoms with van der Waals surface area (Å²) in [5.41, 5.74) is 5.56. The summed E-state index contributed by atoms with van der Waals surface area (Å²) in [6.07, 6.45) is -2.06. The van der Waals surface area contributed by atoms with Gasteiger partial charge in [0, 0.05) is 13.8 Å². The third-order valence-electron chi connectivity index (χ3n) is 2.08. The predicted molar refractivity (Wildman–Crippen MR) is 54.7 cm³/mol. The maximum absolute atomic E-state index is 10.9. The second-order valence-electron chi connectivity index (χ2n) is 3.46. The van der Waals surface area contributed by atoms with Crippen LogP contribution in [0.4, 0.5) is 0 Å². The fraction of sp³-hybridized carbons (Fsp3) is 0.778. The van der Waals surface area contributed by atoms with E-state index in [-0.39, 0.29) is 6.61 Å². The molecule has 0 aromatic heterocycles. The van der Waals surface area contributed by atoms with Gasteiger partial charge in [0.2, 0.25) is 0 Å². The zero-order valence-corrected chi connectivity index (χ0v) is 9.77. The van der Waals surface area contributed by atoms with E-state index in [0.717, 1.165) is 0 Å². The highest BCUT2D eigenvalue weighted by atomic mass is 35.5. The maximum Gasteiger partial charge on any atom is 0.303 e. The van der Waals surface area contributed by atoms with E-state index < -0.39 is 35.8 Å². The number of carbonyl (C=O) groups is 2. The smallest absolute Gasteiger partial charge is 0.303 e. The highest BCUT2D eigenvalue weighted by Gasteiger charge is 2.44. The van der Waals surface area contributed by atoms with Crippen LogP contribution in [0.3, 0.4) is 0 Å². The third-order valence-corrected chi connectivity index (χ3v) is 2.58. The number of hydrogen-bond donors (Lipinski definition) is 1. The largest absolute Gasteiger partial charge is 0.463 e. The van der Waals surface area contributed by atoms with Crippen molar-refractivity contribution in [3.05, 3.63) is 0 Å². The van der Waals surface area contributed by atoms with Gasteiger partial charge in [0.1, 0.15) is 24.3 Å². The summed E-state index contributed by atoms with van der Waals surface area (Å²) in [6.45, 7) is 2.49. The summed E-state index contributed by atoms with van der Waals surface area (Å²) in [7, 11) is 0. The Labute approximate surface area is 98.0 Å². The van der Waals surface area contributed by atoms with Crippen LogP contribution in [-0.4, -0.2) is 42.4 Å². The standard InChI is InChI=1S/C9H14ClNO5/c1-4(12)14-3-6-8(15-5(2)13)7(10)9(11)16-6/h6-9H,3,11H2,1-2H3/t6-,7+,8-,9?/m1/s1. The number of alkyl halides is 1. The van der Waals surface area contributed by atoms with Gasteiger partial charge in [-0.1, -0.05) is 0 Å². The lowest BCUT2D eigenvalue weighted by atomic mass is 10.2. The molecular weight excluding hydrogens is 238 g/mol. The van der Waals surface area contributed by atoms with Crippen LogP contribution in [0, 0.1) is 0 Å². The predicted octanol–water partition coefficient (Wildman–Crippen LogP) is -0.228. The number of halogens is 1. The number of carbonyl (C=O) groups excluding carboxylic acids is 2. The maximum atomic E-state index is 10.9. The first kappa shape index (κ1) is 13.2. The van der Waals surface area contributed by atoms with Gasteiger partial charge < -0.3 is 19.9 Å². The van der Waals surface area contributed by atoms with Crippen molar-refractivity contribution in [1.29, 1.82) is 0 Å². The molecule has 0 aromatic rings. The monoisotopic (exact) mass is 251 g/mol. The van der Waals surface area contributed by atoms with Crippen LogP contribution in [0.1, 0.15) is 13.8 Å². The van der Waals surface area contributed by atoms with Gasteiger partial charge in [-0.2, -0.15) is 0 Å². The SMILES string of the molecule is CC(=O)OC[C@H]1OC(N)[C@@H](Cl)[C@@H]1OC(C)=O. The topological polar surface area (TPSA) is 87.8 Å². The molecule has 1 heterocycles. The molecule has 0 spiro atoms. The highest BCUT2D eigenvalue weighted by molar-refractivity contribution is 6.21. The van der Waals surface area contributed by atoms with E-state index in [1.165, 1.54) is 13.8 Å². The van der Waals surface area contributed by atoms with Crippen molar-refractivity contribution in [2.24, 2.45) is 5.73 Å². The number of hydrogen-bond acceptors (Lipinski definition) is 6. The molecule has 0 aromatic carbocycles. The molecule has 0 aliphatic carbocycles.